The van der Waals surface area contributed by atoms with Crippen LogP contribution in [0.5, 0.6) is 0 Å². The van der Waals surface area contributed by atoms with Crippen molar-refractivity contribution in [3.8, 4) is 56.8 Å². The predicted molar refractivity (Wildman–Crippen MR) is 236 cm³/mol. The number of fused-ring (bicyclic) bond motifs is 9. The van der Waals surface area contributed by atoms with Crippen molar-refractivity contribution >= 4 is 85.1 Å². The lowest BCUT2D eigenvalue weighted by Crippen LogP contribution is -2.00. The van der Waals surface area contributed by atoms with Crippen LogP contribution < -0.4 is 0 Å². The van der Waals surface area contributed by atoms with E-state index in [2.05, 4.69) is 115 Å². The number of aromatic nitrogens is 5. The molecule has 0 saturated heterocycles. The molecule has 0 aliphatic rings. The minimum Gasteiger partial charge on any atom is -0.455 e. The lowest BCUT2D eigenvalue weighted by Gasteiger charge is -2.10. The van der Waals surface area contributed by atoms with Gasteiger partial charge in [-0.15, -0.1) is 22.7 Å². The summed E-state index contributed by atoms with van der Waals surface area (Å²) < 4.78 is 11.5. The van der Waals surface area contributed by atoms with E-state index >= 15 is 0 Å². The van der Waals surface area contributed by atoms with Gasteiger partial charge in [-0.3, -0.25) is 0 Å². The lowest BCUT2D eigenvalue weighted by molar-refractivity contribution is 0.669. The van der Waals surface area contributed by atoms with Crippen molar-refractivity contribution in [3.05, 3.63) is 164 Å². The molecule has 57 heavy (non-hydrogen) atoms. The van der Waals surface area contributed by atoms with Gasteiger partial charge in [0.25, 0.3) is 0 Å². The van der Waals surface area contributed by atoms with Crippen LogP contribution in [0.4, 0.5) is 0 Å². The molecule has 0 N–H and O–H groups in total. The van der Waals surface area contributed by atoms with Gasteiger partial charge in [-0.1, -0.05) is 133 Å². The first-order valence-electron chi connectivity index (χ1n) is 18.7. The summed E-state index contributed by atoms with van der Waals surface area (Å²) >= 11 is 3.51. The number of para-hydroxylation sites is 1. The Morgan fingerprint density at radius 3 is 1.72 bits per heavy atom. The first-order chi connectivity index (χ1) is 28.2. The molecule has 12 aromatic rings. The van der Waals surface area contributed by atoms with Gasteiger partial charge in [0.2, 0.25) is 0 Å². The summed E-state index contributed by atoms with van der Waals surface area (Å²) in [4.78, 5) is 26.1. The normalized spacial score (nSPS) is 11.9. The Kier molecular flexibility index (Phi) is 7.17. The Morgan fingerprint density at radius 2 is 0.930 bits per heavy atom. The first kappa shape index (κ1) is 32.1. The van der Waals surface area contributed by atoms with Crippen molar-refractivity contribution in [3.63, 3.8) is 0 Å². The number of nitrogens with zero attached hydrogens (tertiary/aromatic N) is 5. The minimum absolute atomic E-state index is 0.572. The molecule has 6 nitrogen and oxygen atoms in total. The maximum atomic E-state index is 6.80. The standard InChI is InChI=1S/C49H27N5OS2/c1-3-14-28(15-4-1)42-45-43(31-19-8-10-26-38(31)57-45)51-49(50-42)35-23-11-20-32-40-33(21-12-24-36(40)55-44(32)35)47-52-46(29-16-5-2-6-17-29)53-48(54-47)34-22-13-27-39-41(34)30-18-7-9-25-37(30)56-39/h1-27H. The van der Waals surface area contributed by atoms with Gasteiger partial charge in [0, 0.05) is 63.3 Å². The molecule has 0 atom stereocenters. The van der Waals surface area contributed by atoms with Crippen LogP contribution in [0.1, 0.15) is 0 Å². The highest BCUT2D eigenvalue weighted by Gasteiger charge is 2.23. The summed E-state index contributed by atoms with van der Waals surface area (Å²) in [5.41, 5.74) is 7.90. The molecular weight excluding hydrogens is 739 g/mol. The fraction of sp³-hybridized carbons (Fsp3) is 0. The van der Waals surface area contributed by atoms with Gasteiger partial charge >= 0.3 is 0 Å². The van der Waals surface area contributed by atoms with Gasteiger partial charge in [-0.05, 0) is 30.3 Å². The number of rotatable bonds is 5. The molecule has 266 valence electrons. The van der Waals surface area contributed by atoms with Gasteiger partial charge in [0.05, 0.1) is 21.5 Å². The van der Waals surface area contributed by atoms with Crippen LogP contribution in [0.2, 0.25) is 0 Å². The highest BCUT2D eigenvalue weighted by molar-refractivity contribution is 7.26. The van der Waals surface area contributed by atoms with Crippen molar-refractivity contribution < 1.29 is 4.42 Å². The van der Waals surface area contributed by atoms with Crippen LogP contribution in [0, 0.1) is 0 Å². The van der Waals surface area contributed by atoms with Gasteiger partial charge in [0.1, 0.15) is 11.2 Å². The van der Waals surface area contributed by atoms with Crippen LogP contribution in [-0.2, 0) is 0 Å². The molecule has 12 rings (SSSR count). The molecule has 0 amide bonds. The summed E-state index contributed by atoms with van der Waals surface area (Å²) in [7, 11) is 0. The van der Waals surface area contributed by atoms with E-state index in [-0.39, 0.29) is 0 Å². The maximum Gasteiger partial charge on any atom is 0.164 e. The third kappa shape index (κ3) is 5.12. The Bertz CT molecular complexity index is 3540. The number of hydrogen-bond acceptors (Lipinski definition) is 8. The zero-order valence-corrected chi connectivity index (χ0v) is 31.7. The highest BCUT2D eigenvalue weighted by Crippen LogP contribution is 2.44. The van der Waals surface area contributed by atoms with Gasteiger partial charge in [0.15, 0.2) is 23.3 Å². The molecule has 0 aliphatic heterocycles. The van der Waals surface area contributed by atoms with Crippen molar-refractivity contribution in [2.45, 2.75) is 0 Å². The van der Waals surface area contributed by atoms with Crippen molar-refractivity contribution in [1.29, 1.82) is 0 Å². The molecule has 0 saturated carbocycles. The van der Waals surface area contributed by atoms with Crippen LogP contribution in [0.15, 0.2) is 168 Å². The number of hydrogen-bond donors (Lipinski definition) is 0. The summed E-state index contributed by atoms with van der Waals surface area (Å²) in [5.74, 6) is 2.41. The third-order valence-corrected chi connectivity index (χ3v) is 12.9. The quantitative estimate of drug-likeness (QED) is 0.174. The van der Waals surface area contributed by atoms with Gasteiger partial charge in [-0.25, -0.2) is 24.9 Å². The second kappa shape index (κ2) is 12.7. The van der Waals surface area contributed by atoms with E-state index in [9.17, 15) is 0 Å². The van der Waals surface area contributed by atoms with Crippen LogP contribution >= 0.6 is 22.7 Å². The smallest absolute Gasteiger partial charge is 0.164 e. The fourth-order valence-electron chi connectivity index (χ4n) is 8.01. The second-order valence-electron chi connectivity index (χ2n) is 14.0. The van der Waals surface area contributed by atoms with Gasteiger partial charge < -0.3 is 4.42 Å². The van der Waals surface area contributed by atoms with Crippen LogP contribution in [0.3, 0.4) is 0 Å². The molecule has 0 radical (unpaired) electrons. The summed E-state index contributed by atoms with van der Waals surface area (Å²) in [6.07, 6.45) is 0. The Balaban J connectivity index is 1.10. The summed E-state index contributed by atoms with van der Waals surface area (Å²) in [6, 6.07) is 56.1. The molecule has 0 fully saturated rings. The monoisotopic (exact) mass is 765 g/mol. The average molecular weight is 766 g/mol. The summed E-state index contributed by atoms with van der Waals surface area (Å²) in [6.45, 7) is 0. The average Bonchev–Trinajstić information content (AvgIpc) is 3.98. The highest BCUT2D eigenvalue weighted by atomic mass is 32.1. The zero-order valence-electron chi connectivity index (χ0n) is 30.0. The van der Waals surface area contributed by atoms with Gasteiger partial charge in [-0.2, -0.15) is 0 Å². The molecular formula is C49H27N5OS2. The van der Waals surface area contributed by atoms with Crippen molar-refractivity contribution in [2.24, 2.45) is 0 Å². The molecule has 0 spiro atoms. The minimum atomic E-state index is 0.572. The lowest BCUT2D eigenvalue weighted by atomic mass is 10.0. The van der Waals surface area contributed by atoms with E-state index in [0.29, 0.717) is 28.9 Å². The Morgan fingerprint density at radius 1 is 0.368 bits per heavy atom. The largest absolute Gasteiger partial charge is 0.455 e. The van der Waals surface area contributed by atoms with E-state index in [1.54, 1.807) is 22.7 Å². The zero-order chi connectivity index (χ0) is 37.5. The first-order valence-corrected chi connectivity index (χ1v) is 20.3. The molecule has 5 aromatic heterocycles. The summed E-state index contributed by atoms with van der Waals surface area (Å²) in [5, 5.41) is 5.32. The molecule has 5 heterocycles. The second-order valence-corrected chi connectivity index (χ2v) is 16.1. The fourth-order valence-corrected chi connectivity index (χ4v) is 10.3. The van der Waals surface area contributed by atoms with Crippen LogP contribution in [-0.4, -0.2) is 24.9 Å². The Hall–Kier alpha value is -7.13. The third-order valence-electron chi connectivity index (χ3n) is 10.6. The molecule has 8 heteroatoms. The van der Waals surface area contributed by atoms with E-state index in [1.807, 2.05) is 48.5 Å². The van der Waals surface area contributed by atoms with E-state index in [4.69, 9.17) is 29.3 Å². The van der Waals surface area contributed by atoms with E-state index in [0.717, 1.165) is 70.9 Å². The maximum absolute atomic E-state index is 6.80. The number of thiophene rings is 2. The molecule has 7 aromatic carbocycles. The Labute approximate surface area is 333 Å². The number of benzene rings is 7. The molecule has 0 bridgehead atoms. The predicted octanol–water partition coefficient (Wildman–Crippen LogP) is 13.6. The van der Waals surface area contributed by atoms with Crippen molar-refractivity contribution in [2.75, 3.05) is 0 Å². The van der Waals surface area contributed by atoms with E-state index in [1.165, 1.54) is 19.5 Å². The molecule has 0 unspecified atom stereocenters. The molecule has 0 aliphatic carbocycles. The van der Waals surface area contributed by atoms with Crippen LogP contribution in [0.25, 0.3) is 119 Å². The SMILES string of the molecule is c1ccc(-c2nc(-c3cccc4oc5c(-c6nc(-c7ccccc7)c7sc8ccccc8c7n6)cccc5c34)nc(-c3cccc4sc5ccccc5c34)n2)cc1. The number of furan rings is 1. The van der Waals surface area contributed by atoms with Crippen molar-refractivity contribution in [1.82, 2.24) is 24.9 Å². The topological polar surface area (TPSA) is 77.6 Å². The van der Waals surface area contributed by atoms with E-state index < -0.39 is 0 Å².